The molecule has 0 fully saturated rings. The second kappa shape index (κ2) is 5.09. The minimum atomic E-state index is -0.387. The van der Waals surface area contributed by atoms with Gasteiger partial charge in [-0.3, -0.25) is 0 Å². The Kier molecular flexibility index (Phi) is 3.66. The van der Waals surface area contributed by atoms with Crippen LogP contribution in [0, 0.1) is 13.8 Å². The number of carbonyl (C=O) groups is 1. The van der Waals surface area contributed by atoms with E-state index in [9.17, 15) is 4.79 Å². The first-order valence-corrected chi connectivity index (χ1v) is 6.93. The van der Waals surface area contributed by atoms with Gasteiger partial charge in [-0.25, -0.2) is 4.79 Å². The zero-order chi connectivity index (χ0) is 14.2. The van der Waals surface area contributed by atoms with E-state index in [2.05, 4.69) is 0 Å². The Hall–Kier alpha value is -1.75. The average Bonchev–Trinajstić information content (AvgIpc) is 2.80. The van der Waals surface area contributed by atoms with Crippen molar-refractivity contribution in [1.82, 2.24) is 0 Å². The van der Waals surface area contributed by atoms with Crippen molar-refractivity contribution in [3.05, 3.63) is 28.5 Å². The van der Waals surface area contributed by atoms with Crippen LogP contribution in [0.4, 0.5) is 5.00 Å². The van der Waals surface area contributed by atoms with Crippen molar-refractivity contribution in [3.63, 3.8) is 0 Å². The molecule has 0 amide bonds. The number of hydrogen-bond acceptors (Lipinski definition) is 5. The van der Waals surface area contributed by atoms with E-state index in [1.54, 1.807) is 0 Å². The largest absolute Gasteiger partial charge is 0.466 e. The first-order chi connectivity index (χ1) is 8.90. The molecule has 0 bridgehead atoms. The average molecular weight is 279 g/mol. The topological polar surface area (TPSA) is 65.5 Å². The Morgan fingerprint density at radius 2 is 2.05 bits per heavy atom. The van der Waals surface area contributed by atoms with Gasteiger partial charge in [0.25, 0.3) is 0 Å². The summed E-state index contributed by atoms with van der Waals surface area (Å²) in [5.74, 6) is 1.19. The zero-order valence-electron chi connectivity index (χ0n) is 11.4. The molecule has 0 aliphatic carbocycles. The van der Waals surface area contributed by atoms with E-state index in [1.165, 1.54) is 11.3 Å². The van der Waals surface area contributed by atoms with Crippen LogP contribution in [-0.4, -0.2) is 12.1 Å². The molecule has 2 rings (SSSR count). The Balaban J connectivity index is 2.48. The van der Waals surface area contributed by atoms with Crippen molar-refractivity contribution >= 4 is 22.3 Å². The van der Waals surface area contributed by atoms with Gasteiger partial charge >= 0.3 is 5.97 Å². The molecule has 0 aliphatic heterocycles. The Labute approximate surface area is 116 Å². The van der Waals surface area contributed by atoms with E-state index in [-0.39, 0.29) is 12.1 Å². The lowest BCUT2D eigenvalue weighted by Gasteiger charge is -2.09. The van der Waals surface area contributed by atoms with Crippen LogP contribution in [0.3, 0.4) is 0 Å². The van der Waals surface area contributed by atoms with Crippen LogP contribution in [-0.2, 0) is 4.74 Å². The van der Waals surface area contributed by atoms with Crippen molar-refractivity contribution < 1.29 is 13.9 Å². The highest BCUT2D eigenvalue weighted by Crippen LogP contribution is 2.37. The fourth-order valence-electron chi connectivity index (χ4n) is 1.95. The summed E-state index contributed by atoms with van der Waals surface area (Å²) in [6.07, 6.45) is -0.174. The number of thiophene rings is 1. The first kappa shape index (κ1) is 13.7. The van der Waals surface area contributed by atoms with Gasteiger partial charge in [-0.15, -0.1) is 11.3 Å². The van der Waals surface area contributed by atoms with Gasteiger partial charge in [0.2, 0.25) is 0 Å². The first-order valence-electron chi connectivity index (χ1n) is 6.05. The quantitative estimate of drug-likeness (QED) is 0.868. The molecule has 0 radical (unpaired) electrons. The lowest BCUT2D eigenvalue weighted by Crippen LogP contribution is -2.13. The van der Waals surface area contributed by atoms with Crippen molar-refractivity contribution in [2.75, 3.05) is 5.73 Å². The smallest absolute Gasteiger partial charge is 0.342 e. The Morgan fingerprint density at radius 1 is 1.37 bits per heavy atom. The number of aryl methyl sites for hydroxylation is 2. The SMILES string of the molecule is Cc1cc(-c2csc(N)c2C(=O)OC(C)C)c(C)o1. The van der Waals surface area contributed by atoms with Crippen molar-refractivity contribution in [2.24, 2.45) is 0 Å². The molecule has 2 aromatic heterocycles. The number of carbonyl (C=O) groups excluding carboxylic acids is 1. The molecule has 102 valence electrons. The number of furan rings is 1. The normalized spacial score (nSPS) is 11.0. The lowest BCUT2D eigenvalue weighted by atomic mass is 10.0. The van der Waals surface area contributed by atoms with Gasteiger partial charge < -0.3 is 14.9 Å². The molecule has 0 aromatic carbocycles. The summed E-state index contributed by atoms with van der Waals surface area (Å²) in [5, 5.41) is 2.34. The lowest BCUT2D eigenvalue weighted by molar-refractivity contribution is 0.0380. The zero-order valence-corrected chi connectivity index (χ0v) is 12.3. The third-order valence-corrected chi connectivity index (χ3v) is 3.51. The van der Waals surface area contributed by atoms with Gasteiger partial charge in [0.05, 0.1) is 6.10 Å². The highest BCUT2D eigenvalue weighted by atomic mass is 32.1. The van der Waals surface area contributed by atoms with Gasteiger partial charge in [-0.2, -0.15) is 0 Å². The van der Waals surface area contributed by atoms with Gasteiger partial charge in [-0.05, 0) is 33.8 Å². The molecule has 0 spiro atoms. The van der Waals surface area contributed by atoms with Crippen molar-refractivity contribution in [1.29, 1.82) is 0 Å². The third kappa shape index (κ3) is 2.66. The molecule has 0 saturated carbocycles. The number of esters is 1. The maximum absolute atomic E-state index is 12.1. The van der Waals surface area contributed by atoms with Gasteiger partial charge in [0, 0.05) is 16.5 Å². The van der Waals surface area contributed by atoms with Gasteiger partial charge in [0.1, 0.15) is 22.1 Å². The molecular formula is C14H17NO3S. The maximum Gasteiger partial charge on any atom is 0.342 e. The fourth-order valence-corrected chi connectivity index (χ4v) is 2.75. The number of rotatable bonds is 3. The summed E-state index contributed by atoms with van der Waals surface area (Å²) in [7, 11) is 0. The van der Waals surface area contributed by atoms with E-state index in [1.807, 2.05) is 39.1 Å². The van der Waals surface area contributed by atoms with Crippen LogP contribution in [0.25, 0.3) is 11.1 Å². The van der Waals surface area contributed by atoms with E-state index in [0.29, 0.717) is 10.6 Å². The number of anilines is 1. The third-order valence-electron chi connectivity index (χ3n) is 2.70. The predicted molar refractivity (Wildman–Crippen MR) is 76.5 cm³/mol. The monoisotopic (exact) mass is 279 g/mol. The summed E-state index contributed by atoms with van der Waals surface area (Å²) in [5.41, 5.74) is 8.00. The molecule has 19 heavy (non-hydrogen) atoms. The van der Waals surface area contributed by atoms with Crippen LogP contribution in [0.5, 0.6) is 0 Å². The van der Waals surface area contributed by atoms with Crippen molar-refractivity contribution in [3.8, 4) is 11.1 Å². The summed E-state index contributed by atoms with van der Waals surface area (Å²) < 4.78 is 10.7. The minimum absolute atomic E-state index is 0.174. The highest BCUT2D eigenvalue weighted by molar-refractivity contribution is 7.15. The molecule has 2 aromatic rings. The molecule has 0 saturated heterocycles. The minimum Gasteiger partial charge on any atom is -0.466 e. The van der Waals surface area contributed by atoms with E-state index in [4.69, 9.17) is 14.9 Å². The number of ether oxygens (including phenoxy) is 1. The van der Waals surface area contributed by atoms with Gasteiger partial charge in [0.15, 0.2) is 0 Å². The highest BCUT2D eigenvalue weighted by Gasteiger charge is 2.23. The molecule has 4 nitrogen and oxygen atoms in total. The molecule has 0 aliphatic rings. The van der Waals surface area contributed by atoms with Crippen LogP contribution in [0.1, 0.15) is 35.7 Å². The second-order valence-corrected chi connectivity index (χ2v) is 5.58. The number of hydrogen-bond donors (Lipinski definition) is 1. The maximum atomic E-state index is 12.1. The summed E-state index contributed by atoms with van der Waals surface area (Å²) >= 11 is 1.33. The predicted octanol–water partition coefficient (Wildman–Crippen LogP) is 3.77. The molecule has 5 heteroatoms. The summed E-state index contributed by atoms with van der Waals surface area (Å²) in [6, 6.07) is 1.91. The second-order valence-electron chi connectivity index (χ2n) is 4.67. The van der Waals surface area contributed by atoms with Gasteiger partial charge in [-0.1, -0.05) is 0 Å². The molecule has 2 heterocycles. The summed E-state index contributed by atoms with van der Waals surface area (Å²) in [4.78, 5) is 12.1. The van der Waals surface area contributed by atoms with Crippen LogP contribution < -0.4 is 5.73 Å². The summed E-state index contributed by atoms with van der Waals surface area (Å²) in [6.45, 7) is 7.37. The van der Waals surface area contributed by atoms with E-state index < -0.39 is 0 Å². The number of nitrogens with two attached hydrogens (primary N) is 1. The standard InChI is InChI=1S/C14H17NO3S/c1-7(2)17-14(16)12-11(6-19-13(12)15)10-5-8(3)18-9(10)4/h5-7H,15H2,1-4H3. The number of nitrogen functional groups attached to an aromatic ring is 1. The van der Waals surface area contributed by atoms with Crippen molar-refractivity contribution in [2.45, 2.75) is 33.8 Å². The molecule has 2 N–H and O–H groups in total. The molecule has 0 atom stereocenters. The molecular weight excluding hydrogens is 262 g/mol. The Bertz CT molecular complexity index is 610. The van der Waals surface area contributed by atoms with Crippen LogP contribution >= 0.6 is 11.3 Å². The van der Waals surface area contributed by atoms with Crippen LogP contribution in [0.2, 0.25) is 0 Å². The van der Waals surface area contributed by atoms with E-state index >= 15 is 0 Å². The fraction of sp³-hybridized carbons (Fsp3) is 0.357. The van der Waals surface area contributed by atoms with Crippen LogP contribution in [0.15, 0.2) is 15.9 Å². The Morgan fingerprint density at radius 3 is 2.58 bits per heavy atom. The van der Waals surface area contributed by atoms with E-state index in [0.717, 1.165) is 22.6 Å². The molecule has 0 unspecified atom stereocenters.